The van der Waals surface area contributed by atoms with Gasteiger partial charge in [0.25, 0.3) is 0 Å². The lowest BCUT2D eigenvalue weighted by atomic mass is 9.99. The number of aliphatic hydroxyl groups excluding tert-OH is 1. The second-order valence-electron chi connectivity index (χ2n) is 11.5. The summed E-state index contributed by atoms with van der Waals surface area (Å²) in [7, 11) is 2.12. The van der Waals surface area contributed by atoms with Crippen LogP contribution in [0.15, 0.2) is 78.9 Å². The van der Waals surface area contributed by atoms with Crippen molar-refractivity contribution < 1.29 is 29.4 Å². The van der Waals surface area contributed by atoms with Crippen LogP contribution in [0.25, 0.3) is 0 Å². The van der Waals surface area contributed by atoms with Gasteiger partial charge in [-0.1, -0.05) is 85.3 Å². The third-order valence-electron chi connectivity index (χ3n) is 8.22. The number of nitrogens with zero attached hydrogens (tertiary/aromatic N) is 1. The minimum Gasteiger partial charge on any atom is -0.392 e. The van der Waals surface area contributed by atoms with Gasteiger partial charge in [0, 0.05) is 44.0 Å². The predicted molar refractivity (Wildman–Crippen MR) is 167 cm³/mol. The minimum absolute atomic E-state index is 0.000639. The Balaban J connectivity index is 1.36. The summed E-state index contributed by atoms with van der Waals surface area (Å²) in [4.78, 5) is 25.6. The highest BCUT2D eigenvalue weighted by molar-refractivity contribution is 5.76. The first-order valence-electron chi connectivity index (χ1n) is 15.4. The van der Waals surface area contributed by atoms with Crippen molar-refractivity contribution in [2.24, 2.45) is 0 Å². The summed E-state index contributed by atoms with van der Waals surface area (Å²) >= 11 is 0. The molecule has 1 saturated heterocycles. The van der Waals surface area contributed by atoms with Gasteiger partial charge in [0.2, 0.25) is 11.8 Å². The monoisotopic (exact) mass is 603 g/mol. The quantitative estimate of drug-likeness (QED) is 0.103. The maximum absolute atomic E-state index is 12.3. The van der Waals surface area contributed by atoms with Crippen LogP contribution in [0.5, 0.6) is 0 Å². The van der Waals surface area contributed by atoms with E-state index >= 15 is 0 Å². The van der Waals surface area contributed by atoms with E-state index in [1.54, 1.807) is 5.48 Å². The standard InChI is InChI=1S/C35H45N3O6/c1-25(28-9-5-3-6-10-28)38(2)23-31-21-32(29-17-15-27(24-39)16-18-29)44-35(43-31)30-19-13-26(14-20-30)22-36-33(40)11-7-4-8-12-34(41)37-42/h3,5-6,9-10,13-20,25,31-32,35,39,42H,4,7-8,11-12,21-24H2,1-2H3,(H,36,40)(H,37,41). The summed E-state index contributed by atoms with van der Waals surface area (Å²) in [6.07, 6.45) is 2.63. The molecule has 4 rings (SSSR count). The van der Waals surface area contributed by atoms with Crippen LogP contribution in [-0.4, -0.2) is 46.7 Å². The second-order valence-corrected chi connectivity index (χ2v) is 11.5. The number of likely N-dealkylation sites (N-methyl/N-ethyl adjacent to an activating group) is 1. The van der Waals surface area contributed by atoms with Crippen LogP contribution >= 0.6 is 0 Å². The largest absolute Gasteiger partial charge is 0.392 e. The number of benzene rings is 3. The first-order chi connectivity index (χ1) is 21.4. The number of ether oxygens (including phenoxy) is 2. The molecule has 3 aromatic rings. The highest BCUT2D eigenvalue weighted by atomic mass is 16.7. The molecule has 9 nitrogen and oxygen atoms in total. The summed E-state index contributed by atoms with van der Waals surface area (Å²) in [5, 5.41) is 21.0. The molecule has 0 spiro atoms. The van der Waals surface area contributed by atoms with E-state index in [0.29, 0.717) is 32.2 Å². The van der Waals surface area contributed by atoms with E-state index in [4.69, 9.17) is 14.7 Å². The molecule has 0 aliphatic carbocycles. The molecule has 0 bridgehead atoms. The Morgan fingerprint density at radius 1 is 0.864 bits per heavy atom. The van der Waals surface area contributed by atoms with E-state index in [2.05, 4.69) is 48.5 Å². The van der Waals surface area contributed by atoms with Crippen LogP contribution in [0.4, 0.5) is 0 Å². The zero-order chi connectivity index (χ0) is 31.3. The molecule has 0 aromatic heterocycles. The number of rotatable bonds is 15. The highest BCUT2D eigenvalue weighted by Crippen LogP contribution is 2.38. The van der Waals surface area contributed by atoms with E-state index < -0.39 is 12.2 Å². The van der Waals surface area contributed by atoms with Crippen molar-refractivity contribution in [3.05, 3.63) is 107 Å². The topological polar surface area (TPSA) is 120 Å². The number of amides is 2. The van der Waals surface area contributed by atoms with Crippen molar-refractivity contribution in [1.82, 2.24) is 15.7 Å². The van der Waals surface area contributed by atoms with E-state index in [1.807, 2.05) is 54.6 Å². The van der Waals surface area contributed by atoms with Gasteiger partial charge in [-0.2, -0.15) is 0 Å². The summed E-state index contributed by atoms with van der Waals surface area (Å²) in [6, 6.07) is 26.5. The molecule has 0 radical (unpaired) electrons. The van der Waals surface area contributed by atoms with Gasteiger partial charge in [-0.25, -0.2) is 5.48 Å². The molecular weight excluding hydrogens is 558 g/mol. The van der Waals surface area contributed by atoms with Crippen molar-refractivity contribution in [2.75, 3.05) is 13.6 Å². The van der Waals surface area contributed by atoms with Crippen LogP contribution in [0.1, 0.15) is 91.7 Å². The molecule has 3 aromatic carbocycles. The summed E-state index contributed by atoms with van der Waals surface area (Å²) < 4.78 is 13.0. The third-order valence-corrected chi connectivity index (χ3v) is 8.22. The number of aliphatic hydroxyl groups is 1. The lowest BCUT2D eigenvalue weighted by Gasteiger charge is -2.39. The van der Waals surface area contributed by atoms with Crippen LogP contribution in [0, 0.1) is 0 Å². The average Bonchev–Trinajstić information content (AvgIpc) is 3.07. The van der Waals surface area contributed by atoms with E-state index in [0.717, 1.165) is 35.2 Å². The normalized spacial score (nSPS) is 19.0. The third kappa shape index (κ3) is 9.97. The number of nitrogens with one attached hydrogen (secondary N) is 2. The van der Waals surface area contributed by atoms with Gasteiger partial charge in [0.05, 0.1) is 18.8 Å². The lowest BCUT2D eigenvalue weighted by molar-refractivity contribution is -0.253. The van der Waals surface area contributed by atoms with Crippen molar-refractivity contribution in [1.29, 1.82) is 0 Å². The number of carbonyl (C=O) groups excluding carboxylic acids is 2. The molecule has 4 N–H and O–H groups in total. The number of carbonyl (C=O) groups is 2. The fourth-order valence-electron chi connectivity index (χ4n) is 5.38. The number of unbranched alkanes of at least 4 members (excludes halogenated alkanes) is 2. The van der Waals surface area contributed by atoms with Gasteiger partial charge in [-0.05, 0) is 49.1 Å². The van der Waals surface area contributed by atoms with Crippen molar-refractivity contribution in [3.63, 3.8) is 0 Å². The zero-order valence-corrected chi connectivity index (χ0v) is 25.7. The Morgan fingerprint density at radius 2 is 1.50 bits per heavy atom. The Labute approximate surface area is 260 Å². The molecule has 4 atom stereocenters. The van der Waals surface area contributed by atoms with Crippen molar-refractivity contribution >= 4 is 11.8 Å². The van der Waals surface area contributed by atoms with Gasteiger partial charge in [0.1, 0.15) is 0 Å². The first kappa shape index (κ1) is 33.3. The Morgan fingerprint density at radius 3 is 2.16 bits per heavy atom. The van der Waals surface area contributed by atoms with E-state index in [1.165, 1.54) is 5.56 Å². The number of hydroxylamine groups is 1. The second kappa shape index (κ2) is 17.0. The van der Waals surface area contributed by atoms with Gasteiger partial charge in [0.15, 0.2) is 6.29 Å². The van der Waals surface area contributed by atoms with Gasteiger partial charge < -0.3 is 19.9 Å². The highest BCUT2D eigenvalue weighted by Gasteiger charge is 2.33. The summed E-state index contributed by atoms with van der Waals surface area (Å²) in [6.45, 7) is 3.36. The van der Waals surface area contributed by atoms with E-state index in [9.17, 15) is 14.7 Å². The molecule has 9 heteroatoms. The lowest BCUT2D eigenvalue weighted by Crippen LogP contribution is -2.38. The Kier molecular flexibility index (Phi) is 12.9. The van der Waals surface area contributed by atoms with Crippen molar-refractivity contribution in [2.45, 2.75) is 83.1 Å². The maximum Gasteiger partial charge on any atom is 0.243 e. The molecule has 1 heterocycles. The zero-order valence-electron chi connectivity index (χ0n) is 25.7. The molecule has 1 fully saturated rings. The van der Waals surface area contributed by atoms with Crippen LogP contribution in [0.2, 0.25) is 0 Å². The molecule has 2 amide bonds. The van der Waals surface area contributed by atoms with Crippen LogP contribution in [-0.2, 0) is 32.2 Å². The molecular formula is C35H45N3O6. The van der Waals surface area contributed by atoms with Crippen molar-refractivity contribution in [3.8, 4) is 0 Å². The minimum atomic E-state index is -0.548. The number of hydrogen-bond donors (Lipinski definition) is 4. The predicted octanol–water partition coefficient (Wildman–Crippen LogP) is 5.49. The molecule has 1 aliphatic heterocycles. The van der Waals surface area contributed by atoms with Gasteiger partial charge in [-0.3, -0.25) is 19.7 Å². The SMILES string of the molecule is CC(c1ccccc1)N(C)CC1CC(c2ccc(CO)cc2)OC(c2ccc(CNC(=O)CCCCCC(=O)NO)cc2)O1. The summed E-state index contributed by atoms with van der Waals surface area (Å²) in [5.41, 5.74) is 6.67. The van der Waals surface area contributed by atoms with Crippen LogP contribution < -0.4 is 10.8 Å². The molecule has 0 saturated carbocycles. The smallest absolute Gasteiger partial charge is 0.243 e. The van der Waals surface area contributed by atoms with E-state index in [-0.39, 0.29) is 37.2 Å². The maximum atomic E-state index is 12.3. The molecule has 44 heavy (non-hydrogen) atoms. The summed E-state index contributed by atoms with van der Waals surface area (Å²) in [5.74, 6) is -0.443. The fraction of sp³-hybridized carbons (Fsp3) is 0.429. The first-order valence-corrected chi connectivity index (χ1v) is 15.4. The molecule has 4 unspecified atom stereocenters. The molecule has 1 aliphatic rings. The average molecular weight is 604 g/mol. The Hall–Kier alpha value is -3.60. The van der Waals surface area contributed by atoms with Gasteiger partial charge >= 0.3 is 0 Å². The fourth-order valence-corrected chi connectivity index (χ4v) is 5.38. The van der Waals surface area contributed by atoms with Crippen LogP contribution in [0.3, 0.4) is 0 Å². The van der Waals surface area contributed by atoms with Gasteiger partial charge in [-0.15, -0.1) is 0 Å². The molecule has 236 valence electrons. The Bertz CT molecular complexity index is 1300. The number of hydrogen-bond acceptors (Lipinski definition) is 7.